The van der Waals surface area contributed by atoms with Crippen molar-refractivity contribution in [3.63, 3.8) is 0 Å². The maximum absolute atomic E-state index is 11.4. The second kappa shape index (κ2) is 9.60. The second-order valence-electron chi connectivity index (χ2n) is 7.61. The summed E-state index contributed by atoms with van der Waals surface area (Å²) in [7, 11) is 0. The maximum atomic E-state index is 11.4. The summed E-state index contributed by atoms with van der Waals surface area (Å²) in [6, 6.07) is 14.0. The zero-order chi connectivity index (χ0) is 20.8. The molecule has 0 amide bonds. The highest BCUT2D eigenvalue weighted by molar-refractivity contribution is 5.69. The van der Waals surface area contributed by atoms with E-state index in [1.807, 2.05) is 36.4 Å². The number of ether oxygens (including phenoxy) is 1. The van der Waals surface area contributed by atoms with Gasteiger partial charge < -0.3 is 20.3 Å². The van der Waals surface area contributed by atoms with Gasteiger partial charge in [0, 0.05) is 43.5 Å². The highest BCUT2D eigenvalue weighted by Gasteiger charge is 2.23. The number of hydrogen-bond acceptors (Lipinski definition) is 6. The van der Waals surface area contributed by atoms with Crippen LogP contribution in [-0.4, -0.2) is 43.2 Å². The molecule has 1 saturated heterocycles. The fraction of sp³-hybridized carbons (Fsp3) is 0.455. The fourth-order valence-electron chi connectivity index (χ4n) is 3.74. The van der Waals surface area contributed by atoms with Gasteiger partial charge in [-0.3, -0.25) is 10.1 Å². The van der Waals surface area contributed by atoms with Crippen LogP contribution in [0.15, 0.2) is 42.5 Å². The Morgan fingerprint density at radius 3 is 2.48 bits per heavy atom. The number of rotatable bonds is 8. The van der Waals surface area contributed by atoms with Gasteiger partial charge in [-0.25, -0.2) is 0 Å². The molecule has 2 N–H and O–H groups in total. The van der Waals surface area contributed by atoms with E-state index in [-0.39, 0.29) is 10.6 Å². The van der Waals surface area contributed by atoms with Gasteiger partial charge in [-0.2, -0.15) is 0 Å². The summed E-state index contributed by atoms with van der Waals surface area (Å²) in [5.74, 6) is 0.802. The number of nitro groups is 1. The third-order valence-corrected chi connectivity index (χ3v) is 5.12. The molecule has 7 nitrogen and oxygen atoms in total. The third-order valence-electron chi connectivity index (χ3n) is 5.12. The van der Waals surface area contributed by atoms with Gasteiger partial charge in [0.2, 0.25) is 0 Å². The van der Waals surface area contributed by atoms with Gasteiger partial charge in [-0.15, -0.1) is 0 Å². The number of anilines is 2. The van der Waals surface area contributed by atoms with Gasteiger partial charge in [0.25, 0.3) is 5.69 Å². The number of nitrogens with one attached hydrogen (secondary N) is 2. The summed E-state index contributed by atoms with van der Waals surface area (Å²) < 4.78 is 5.75. The lowest BCUT2D eigenvalue weighted by atomic mass is 10.1. The van der Waals surface area contributed by atoms with Crippen LogP contribution >= 0.6 is 0 Å². The molecule has 0 bridgehead atoms. The molecule has 1 fully saturated rings. The maximum Gasteiger partial charge on any atom is 0.292 e. The summed E-state index contributed by atoms with van der Waals surface area (Å²) in [4.78, 5) is 13.4. The monoisotopic (exact) mass is 398 g/mol. The van der Waals surface area contributed by atoms with Gasteiger partial charge >= 0.3 is 0 Å². The molecular weight excluding hydrogens is 368 g/mol. The first kappa shape index (κ1) is 20.9. The summed E-state index contributed by atoms with van der Waals surface area (Å²) in [5, 5.41) is 18.1. The van der Waals surface area contributed by atoms with Crippen molar-refractivity contribution in [3.05, 3.63) is 58.1 Å². The Kier molecular flexibility index (Phi) is 6.93. The minimum Gasteiger partial charge on any atom is -0.492 e. The van der Waals surface area contributed by atoms with Crippen LogP contribution in [0, 0.1) is 10.1 Å². The third kappa shape index (κ3) is 5.60. The van der Waals surface area contributed by atoms with Crippen molar-refractivity contribution >= 4 is 17.1 Å². The summed E-state index contributed by atoms with van der Waals surface area (Å²) in [6.07, 6.45) is 0.993. The molecule has 2 aromatic carbocycles. The average Bonchev–Trinajstić information content (AvgIpc) is 2.70. The van der Waals surface area contributed by atoms with Gasteiger partial charge in [-0.1, -0.05) is 19.1 Å². The molecule has 7 heteroatoms. The Morgan fingerprint density at radius 2 is 1.86 bits per heavy atom. The molecule has 0 radical (unpaired) electrons. The molecule has 0 spiro atoms. The Morgan fingerprint density at radius 1 is 1.17 bits per heavy atom. The number of piperazine rings is 1. The van der Waals surface area contributed by atoms with E-state index in [2.05, 4.69) is 36.3 Å². The molecule has 0 saturated carbocycles. The van der Waals surface area contributed by atoms with E-state index in [1.54, 1.807) is 6.07 Å². The average molecular weight is 399 g/mol. The van der Waals surface area contributed by atoms with Crippen LogP contribution in [-0.2, 0) is 6.42 Å². The molecule has 0 aliphatic carbocycles. The lowest BCUT2D eigenvalue weighted by Crippen LogP contribution is -2.54. The molecular formula is C22H30N4O3. The fourth-order valence-corrected chi connectivity index (χ4v) is 3.74. The van der Waals surface area contributed by atoms with Crippen LogP contribution in [0.3, 0.4) is 0 Å². The molecule has 29 heavy (non-hydrogen) atoms. The zero-order valence-electron chi connectivity index (χ0n) is 17.4. The summed E-state index contributed by atoms with van der Waals surface area (Å²) in [6.45, 7) is 9.07. The zero-order valence-corrected chi connectivity index (χ0v) is 17.4. The van der Waals surface area contributed by atoms with Crippen molar-refractivity contribution in [2.45, 2.75) is 39.3 Å². The van der Waals surface area contributed by atoms with Gasteiger partial charge in [0.15, 0.2) is 0 Å². The smallest absolute Gasteiger partial charge is 0.292 e. The van der Waals surface area contributed by atoms with Crippen molar-refractivity contribution in [2.24, 2.45) is 0 Å². The lowest BCUT2D eigenvalue weighted by Gasteiger charge is -2.37. The molecule has 1 aliphatic heterocycles. The summed E-state index contributed by atoms with van der Waals surface area (Å²) in [5.41, 5.74) is 2.86. The first-order valence-electron chi connectivity index (χ1n) is 10.2. The van der Waals surface area contributed by atoms with Crippen LogP contribution in [0.1, 0.15) is 26.3 Å². The molecule has 2 aromatic rings. The largest absolute Gasteiger partial charge is 0.492 e. The lowest BCUT2D eigenvalue weighted by molar-refractivity contribution is -0.383. The van der Waals surface area contributed by atoms with Gasteiger partial charge in [0.05, 0.1) is 4.92 Å². The van der Waals surface area contributed by atoms with Crippen LogP contribution in [0.2, 0.25) is 0 Å². The van der Waals surface area contributed by atoms with E-state index in [1.165, 1.54) is 5.56 Å². The van der Waals surface area contributed by atoms with Crippen molar-refractivity contribution in [2.75, 3.05) is 36.5 Å². The molecule has 3 rings (SSSR count). The van der Waals surface area contributed by atoms with E-state index >= 15 is 0 Å². The number of hydrogen-bond donors (Lipinski definition) is 2. The number of nitro benzene ring substituents is 1. The first-order chi connectivity index (χ1) is 14.0. The molecule has 2 atom stereocenters. The summed E-state index contributed by atoms with van der Waals surface area (Å²) >= 11 is 0. The van der Waals surface area contributed by atoms with Crippen LogP contribution in [0.25, 0.3) is 0 Å². The second-order valence-corrected chi connectivity index (χ2v) is 7.61. The van der Waals surface area contributed by atoms with Crippen LogP contribution in [0.5, 0.6) is 5.75 Å². The van der Waals surface area contributed by atoms with E-state index < -0.39 is 0 Å². The van der Waals surface area contributed by atoms with E-state index in [9.17, 15) is 10.1 Å². The van der Waals surface area contributed by atoms with Gasteiger partial charge in [-0.05, 0) is 50.1 Å². The standard InChI is InChI=1S/C22H30N4O3/c1-4-18-5-8-20(9-6-18)29-12-11-23-21-13-19(7-10-22(21)26(27)28)25-14-16(2)24-17(3)15-25/h5-10,13,16-17,23-24H,4,11-12,14-15H2,1-3H3/t16-,17+. The number of benzene rings is 2. The predicted octanol–water partition coefficient (Wildman–Crippen LogP) is 3.83. The molecule has 0 unspecified atom stereocenters. The van der Waals surface area contributed by atoms with E-state index in [0.717, 1.165) is 30.9 Å². The van der Waals surface area contributed by atoms with Crippen molar-refractivity contribution in [1.82, 2.24) is 5.32 Å². The van der Waals surface area contributed by atoms with Crippen molar-refractivity contribution < 1.29 is 9.66 Å². The van der Waals surface area contributed by atoms with E-state index in [4.69, 9.17) is 4.74 Å². The number of aryl methyl sites for hydroxylation is 1. The van der Waals surface area contributed by atoms with Crippen molar-refractivity contribution in [3.8, 4) is 5.75 Å². The van der Waals surface area contributed by atoms with Crippen LogP contribution < -0.4 is 20.3 Å². The highest BCUT2D eigenvalue weighted by Crippen LogP contribution is 2.30. The Hall–Kier alpha value is -2.80. The molecule has 1 heterocycles. The molecule has 0 aromatic heterocycles. The SMILES string of the molecule is CCc1ccc(OCCNc2cc(N3C[C@@H](C)N[C@@H](C)C3)ccc2[N+](=O)[O-])cc1. The topological polar surface area (TPSA) is 79.7 Å². The normalized spacial score (nSPS) is 19.1. The van der Waals surface area contributed by atoms with Crippen molar-refractivity contribution in [1.29, 1.82) is 0 Å². The highest BCUT2D eigenvalue weighted by atomic mass is 16.6. The van der Waals surface area contributed by atoms with E-state index in [0.29, 0.717) is 30.9 Å². The quantitative estimate of drug-likeness (QED) is 0.400. The van der Waals surface area contributed by atoms with Crippen LogP contribution in [0.4, 0.5) is 17.1 Å². The Balaban J connectivity index is 1.64. The van der Waals surface area contributed by atoms with Gasteiger partial charge in [0.1, 0.15) is 18.0 Å². The Labute approximate surface area is 172 Å². The first-order valence-corrected chi connectivity index (χ1v) is 10.2. The minimum atomic E-state index is -0.348. The predicted molar refractivity (Wildman–Crippen MR) is 117 cm³/mol. The Bertz CT molecular complexity index is 815. The number of nitrogens with zero attached hydrogens (tertiary/aromatic N) is 2. The molecule has 156 valence electrons. The minimum absolute atomic E-state index is 0.0808. The molecule has 1 aliphatic rings.